The normalized spacial score (nSPS) is 13.0. The van der Waals surface area contributed by atoms with Gasteiger partial charge in [0.1, 0.15) is 0 Å². The van der Waals surface area contributed by atoms with E-state index >= 15 is 0 Å². The lowest BCUT2D eigenvalue weighted by atomic mass is 9.90. The first-order chi connectivity index (χ1) is 14.0. The summed E-state index contributed by atoms with van der Waals surface area (Å²) in [6, 6.07) is 12.8. The number of halogens is 1. The van der Waals surface area contributed by atoms with Gasteiger partial charge in [-0.05, 0) is 61.9 Å². The van der Waals surface area contributed by atoms with Crippen LogP contribution >= 0.6 is 11.6 Å². The molecule has 1 N–H and O–H groups in total. The Morgan fingerprint density at radius 1 is 1.10 bits per heavy atom. The smallest absolute Gasteiger partial charge is 0.339 e. The predicted molar refractivity (Wildman–Crippen MR) is 113 cm³/mol. The average molecular weight is 409 g/mol. The SMILES string of the molecule is Cc1c(Cl)cccc1NC(=O)COC(=O)c1c2c(nc3ccccc13)CCCC2. The van der Waals surface area contributed by atoms with Gasteiger partial charge in [-0.3, -0.25) is 9.78 Å². The molecule has 1 aliphatic rings. The molecule has 0 unspecified atom stereocenters. The van der Waals surface area contributed by atoms with Crippen molar-refractivity contribution in [3.63, 3.8) is 0 Å². The Balaban J connectivity index is 1.55. The van der Waals surface area contributed by atoms with E-state index in [0.717, 1.165) is 53.4 Å². The minimum atomic E-state index is -0.486. The van der Waals surface area contributed by atoms with Gasteiger partial charge in [-0.2, -0.15) is 0 Å². The van der Waals surface area contributed by atoms with Gasteiger partial charge >= 0.3 is 5.97 Å². The molecule has 0 radical (unpaired) electrons. The number of carbonyl (C=O) groups is 2. The Morgan fingerprint density at radius 2 is 1.90 bits per heavy atom. The number of hydrogen-bond acceptors (Lipinski definition) is 4. The van der Waals surface area contributed by atoms with Gasteiger partial charge < -0.3 is 10.1 Å². The lowest BCUT2D eigenvalue weighted by Crippen LogP contribution is -2.23. The molecule has 29 heavy (non-hydrogen) atoms. The van der Waals surface area contributed by atoms with Crippen LogP contribution in [0.3, 0.4) is 0 Å². The van der Waals surface area contributed by atoms with Crippen molar-refractivity contribution in [3.05, 3.63) is 69.9 Å². The number of aromatic nitrogens is 1. The first-order valence-corrected chi connectivity index (χ1v) is 10.0. The molecule has 1 amide bonds. The van der Waals surface area contributed by atoms with Gasteiger partial charge in [0.2, 0.25) is 0 Å². The first-order valence-electron chi connectivity index (χ1n) is 9.67. The van der Waals surface area contributed by atoms with Gasteiger partial charge in [-0.1, -0.05) is 35.9 Å². The minimum absolute atomic E-state index is 0.365. The Hall–Kier alpha value is -2.92. The van der Waals surface area contributed by atoms with Crippen molar-refractivity contribution in [2.45, 2.75) is 32.6 Å². The molecule has 1 aliphatic carbocycles. The van der Waals surface area contributed by atoms with E-state index in [1.165, 1.54) is 0 Å². The van der Waals surface area contributed by atoms with E-state index in [-0.39, 0.29) is 6.61 Å². The monoisotopic (exact) mass is 408 g/mol. The summed E-state index contributed by atoms with van der Waals surface area (Å²) < 4.78 is 5.39. The Kier molecular flexibility index (Phi) is 5.49. The van der Waals surface area contributed by atoms with Gasteiger partial charge in [-0.25, -0.2) is 4.79 Å². The van der Waals surface area contributed by atoms with Crippen LogP contribution in [-0.4, -0.2) is 23.5 Å². The zero-order chi connectivity index (χ0) is 20.4. The van der Waals surface area contributed by atoms with Crippen molar-refractivity contribution in [3.8, 4) is 0 Å². The van der Waals surface area contributed by atoms with E-state index in [2.05, 4.69) is 5.32 Å². The number of anilines is 1. The fourth-order valence-corrected chi connectivity index (χ4v) is 3.91. The van der Waals surface area contributed by atoms with Crippen LogP contribution in [0.5, 0.6) is 0 Å². The Labute approximate surface area is 174 Å². The number of nitrogens with one attached hydrogen (secondary N) is 1. The van der Waals surface area contributed by atoms with Gasteiger partial charge in [0.05, 0.1) is 11.1 Å². The summed E-state index contributed by atoms with van der Waals surface area (Å²) in [4.78, 5) is 30.0. The Bertz CT molecular complexity index is 1110. The molecular weight excluding hydrogens is 388 g/mol. The number of carbonyl (C=O) groups excluding carboxylic acids is 2. The molecule has 148 valence electrons. The van der Waals surface area contributed by atoms with Crippen molar-refractivity contribution in [1.82, 2.24) is 4.98 Å². The lowest BCUT2D eigenvalue weighted by molar-refractivity contribution is -0.119. The topological polar surface area (TPSA) is 68.3 Å². The lowest BCUT2D eigenvalue weighted by Gasteiger charge is -2.20. The highest BCUT2D eigenvalue weighted by molar-refractivity contribution is 6.31. The van der Waals surface area contributed by atoms with Crippen molar-refractivity contribution >= 4 is 40.1 Å². The summed E-state index contributed by atoms with van der Waals surface area (Å²) in [5.41, 5.74) is 4.59. The third kappa shape index (κ3) is 3.96. The van der Waals surface area contributed by atoms with Crippen LogP contribution < -0.4 is 5.32 Å². The van der Waals surface area contributed by atoms with Crippen molar-refractivity contribution in [2.75, 3.05) is 11.9 Å². The largest absolute Gasteiger partial charge is 0.452 e. The quantitative estimate of drug-likeness (QED) is 0.625. The molecular formula is C23H21ClN2O3. The molecule has 0 saturated carbocycles. The molecule has 4 rings (SSSR count). The predicted octanol–water partition coefficient (Wildman–Crippen LogP) is 4.87. The van der Waals surface area contributed by atoms with Crippen LogP contribution in [0.4, 0.5) is 5.69 Å². The zero-order valence-electron chi connectivity index (χ0n) is 16.1. The van der Waals surface area contributed by atoms with E-state index in [1.807, 2.05) is 31.2 Å². The second kappa shape index (κ2) is 8.21. The van der Waals surface area contributed by atoms with Gasteiger partial charge in [0.15, 0.2) is 6.61 Å². The molecule has 0 bridgehead atoms. The summed E-state index contributed by atoms with van der Waals surface area (Å²) in [5.74, 6) is -0.893. The number of hydrogen-bond donors (Lipinski definition) is 1. The average Bonchev–Trinajstić information content (AvgIpc) is 2.73. The number of benzene rings is 2. The van der Waals surface area contributed by atoms with Crippen LogP contribution in [0.25, 0.3) is 10.9 Å². The summed E-state index contributed by atoms with van der Waals surface area (Å²) in [7, 11) is 0. The van der Waals surface area contributed by atoms with Crippen LogP contribution in [0.1, 0.15) is 40.0 Å². The molecule has 6 heteroatoms. The second-order valence-electron chi connectivity index (χ2n) is 7.17. The summed E-state index contributed by atoms with van der Waals surface area (Å²) in [5, 5.41) is 4.08. The number of pyridine rings is 1. The molecule has 5 nitrogen and oxygen atoms in total. The highest BCUT2D eigenvalue weighted by atomic mass is 35.5. The fraction of sp³-hybridized carbons (Fsp3) is 0.261. The number of rotatable bonds is 4. The fourth-order valence-electron chi connectivity index (χ4n) is 3.74. The van der Waals surface area contributed by atoms with Crippen molar-refractivity contribution in [1.29, 1.82) is 0 Å². The number of nitrogens with zero attached hydrogens (tertiary/aromatic N) is 1. The summed E-state index contributed by atoms with van der Waals surface area (Å²) >= 11 is 6.09. The molecule has 3 aromatic rings. The molecule has 0 fully saturated rings. The standard InChI is InChI=1S/C23H21ClN2O3/c1-14-17(24)9-6-12-18(14)26-21(27)13-29-23(28)22-15-7-2-4-10-19(15)25-20-11-5-3-8-16(20)22/h2,4,6-7,9-10,12H,3,5,8,11,13H2,1H3,(H,26,27). The van der Waals surface area contributed by atoms with Gasteiger partial charge in [0, 0.05) is 21.8 Å². The highest BCUT2D eigenvalue weighted by Crippen LogP contribution is 2.30. The van der Waals surface area contributed by atoms with Gasteiger partial charge in [0.25, 0.3) is 5.91 Å². The molecule has 2 aromatic carbocycles. The van der Waals surface area contributed by atoms with Crippen molar-refractivity contribution in [2.24, 2.45) is 0 Å². The number of fused-ring (bicyclic) bond motifs is 2. The number of amides is 1. The summed E-state index contributed by atoms with van der Waals surface area (Å²) in [6.07, 6.45) is 3.73. The second-order valence-corrected chi connectivity index (χ2v) is 7.58. The number of esters is 1. The molecule has 1 heterocycles. The maximum Gasteiger partial charge on any atom is 0.339 e. The minimum Gasteiger partial charge on any atom is -0.452 e. The first kappa shape index (κ1) is 19.4. The van der Waals surface area contributed by atoms with Gasteiger partial charge in [-0.15, -0.1) is 0 Å². The van der Waals surface area contributed by atoms with E-state index in [0.29, 0.717) is 16.3 Å². The number of para-hydroxylation sites is 1. The van der Waals surface area contributed by atoms with E-state index < -0.39 is 11.9 Å². The third-order valence-electron chi connectivity index (χ3n) is 5.25. The Morgan fingerprint density at radius 3 is 2.76 bits per heavy atom. The molecule has 0 spiro atoms. The highest BCUT2D eigenvalue weighted by Gasteiger charge is 2.24. The summed E-state index contributed by atoms with van der Waals surface area (Å²) in [6.45, 7) is 1.45. The van der Waals surface area contributed by atoms with E-state index in [9.17, 15) is 9.59 Å². The number of aryl methyl sites for hydroxylation is 1. The zero-order valence-corrected chi connectivity index (χ0v) is 16.9. The number of ether oxygens (including phenoxy) is 1. The maximum absolute atomic E-state index is 13.0. The molecule has 0 saturated heterocycles. The van der Waals surface area contributed by atoms with Crippen LogP contribution in [-0.2, 0) is 22.4 Å². The molecule has 1 aromatic heterocycles. The van der Waals surface area contributed by atoms with Crippen molar-refractivity contribution < 1.29 is 14.3 Å². The van der Waals surface area contributed by atoms with Crippen LogP contribution in [0.15, 0.2) is 42.5 Å². The maximum atomic E-state index is 13.0. The van der Waals surface area contributed by atoms with E-state index in [4.69, 9.17) is 21.3 Å². The van der Waals surface area contributed by atoms with E-state index in [1.54, 1.807) is 18.2 Å². The molecule has 0 aliphatic heterocycles. The van der Waals surface area contributed by atoms with Crippen LogP contribution in [0.2, 0.25) is 5.02 Å². The third-order valence-corrected chi connectivity index (χ3v) is 5.66. The molecule has 0 atom stereocenters. The van der Waals surface area contributed by atoms with Crippen LogP contribution in [0, 0.1) is 6.92 Å².